The van der Waals surface area contributed by atoms with Gasteiger partial charge in [-0.3, -0.25) is 4.98 Å². The summed E-state index contributed by atoms with van der Waals surface area (Å²) in [5, 5.41) is 25.0. The molecule has 0 unspecified atom stereocenters. The second-order valence-corrected chi connectivity index (χ2v) is 5.55. The number of pyridine rings is 2. The summed E-state index contributed by atoms with van der Waals surface area (Å²) in [4.78, 5) is 29.7. The van der Waals surface area contributed by atoms with Crippen LogP contribution in [0.3, 0.4) is 0 Å². The molecule has 1 aliphatic rings. The lowest BCUT2D eigenvalue weighted by molar-refractivity contribution is -0.134. The van der Waals surface area contributed by atoms with Crippen LogP contribution in [-0.4, -0.2) is 58.4 Å². The minimum Gasteiger partial charge on any atom is -0.478 e. The van der Waals surface area contributed by atoms with Crippen LogP contribution in [-0.2, 0) is 14.3 Å². The number of carbonyl (C=O) groups is 2. The van der Waals surface area contributed by atoms with Crippen LogP contribution >= 0.6 is 0 Å². The zero-order valence-corrected chi connectivity index (χ0v) is 14.9. The Kier molecular flexibility index (Phi) is 7.63. The van der Waals surface area contributed by atoms with Crippen LogP contribution in [0, 0.1) is 11.3 Å². The molecule has 0 radical (unpaired) electrons. The highest BCUT2D eigenvalue weighted by Crippen LogP contribution is 2.24. The SMILES string of the molecule is N#Cc1cc(-c2ccncc2)cnc1N1CCOCC1.O=C(O)/C=C/C(=O)O. The average Bonchev–Trinajstić information content (AvgIpc) is 2.73. The van der Waals surface area contributed by atoms with Crippen LogP contribution < -0.4 is 4.90 Å². The Balaban J connectivity index is 0.000000300. The normalized spacial score (nSPS) is 13.3. The lowest BCUT2D eigenvalue weighted by Crippen LogP contribution is -2.37. The Bertz CT molecular complexity index is 871. The van der Waals surface area contributed by atoms with E-state index in [0.717, 1.165) is 30.0 Å². The molecule has 1 aliphatic heterocycles. The Morgan fingerprint density at radius 1 is 1.11 bits per heavy atom. The van der Waals surface area contributed by atoms with Crippen LogP contribution in [0.1, 0.15) is 5.56 Å². The summed E-state index contributed by atoms with van der Waals surface area (Å²) >= 11 is 0. The fourth-order valence-corrected chi connectivity index (χ4v) is 2.41. The predicted molar refractivity (Wildman–Crippen MR) is 99.6 cm³/mol. The Hall–Kier alpha value is -3.77. The zero-order valence-electron chi connectivity index (χ0n) is 14.9. The van der Waals surface area contributed by atoms with Gasteiger partial charge in [0.25, 0.3) is 0 Å². The van der Waals surface area contributed by atoms with Gasteiger partial charge in [0.1, 0.15) is 11.9 Å². The van der Waals surface area contributed by atoms with E-state index >= 15 is 0 Å². The molecule has 2 aromatic heterocycles. The van der Waals surface area contributed by atoms with E-state index in [1.165, 1.54) is 0 Å². The number of hydrogen-bond acceptors (Lipinski definition) is 7. The van der Waals surface area contributed by atoms with Crippen LogP contribution in [0.15, 0.2) is 48.9 Å². The lowest BCUT2D eigenvalue weighted by atomic mass is 10.1. The summed E-state index contributed by atoms with van der Waals surface area (Å²) in [7, 11) is 0. The predicted octanol–water partition coefficient (Wildman–Crippen LogP) is 1.56. The molecule has 2 N–H and O–H groups in total. The number of nitriles is 1. The first-order chi connectivity index (χ1) is 13.5. The van der Waals surface area contributed by atoms with Gasteiger partial charge in [0.05, 0.1) is 18.8 Å². The molecule has 28 heavy (non-hydrogen) atoms. The van der Waals surface area contributed by atoms with Gasteiger partial charge in [-0.2, -0.15) is 5.26 Å². The third-order valence-corrected chi connectivity index (χ3v) is 3.68. The van der Waals surface area contributed by atoms with Crippen molar-refractivity contribution in [1.29, 1.82) is 5.26 Å². The van der Waals surface area contributed by atoms with Crippen LogP contribution in [0.4, 0.5) is 5.82 Å². The Morgan fingerprint density at radius 3 is 2.25 bits per heavy atom. The molecule has 0 aromatic carbocycles. The summed E-state index contributed by atoms with van der Waals surface area (Å²) in [5.74, 6) is -1.77. The minimum absolute atomic E-state index is 0.558. The van der Waals surface area contributed by atoms with E-state index < -0.39 is 11.9 Å². The summed E-state index contributed by atoms with van der Waals surface area (Å²) in [6.07, 6.45) is 6.39. The second kappa shape index (κ2) is 10.4. The number of ether oxygens (including phenoxy) is 1. The third kappa shape index (κ3) is 6.19. The van der Waals surface area contributed by atoms with Gasteiger partial charge >= 0.3 is 11.9 Å². The molecule has 1 saturated heterocycles. The molecule has 0 atom stereocenters. The quantitative estimate of drug-likeness (QED) is 0.755. The monoisotopic (exact) mass is 382 g/mol. The van der Waals surface area contributed by atoms with Crippen LogP contribution in [0.2, 0.25) is 0 Å². The van der Waals surface area contributed by atoms with Gasteiger partial charge in [-0.1, -0.05) is 0 Å². The number of carboxylic acids is 2. The molecule has 0 spiro atoms. The Morgan fingerprint density at radius 2 is 1.71 bits per heavy atom. The zero-order chi connectivity index (χ0) is 20.4. The van der Waals surface area contributed by atoms with Gasteiger partial charge in [-0.05, 0) is 23.8 Å². The first-order valence-corrected chi connectivity index (χ1v) is 8.28. The molecule has 3 rings (SSSR count). The highest BCUT2D eigenvalue weighted by Gasteiger charge is 2.16. The van der Waals surface area contributed by atoms with E-state index in [1.807, 2.05) is 18.2 Å². The van der Waals surface area contributed by atoms with E-state index in [9.17, 15) is 14.9 Å². The van der Waals surface area contributed by atoms with Crippen LogP contribution in [0.25, 0.3) is 11.1 Å². The summed E-state index contributed by atoms with van der Waals surface area (Å²) in [6.45, 7) is 2.91. The molecule has 144 valence electrons. The largest absolute Gasteiger partial charge is 0.478 e. The van der Waals surface area contributed by atoms with Gasteiger partial charge in [-0.15, -0.1) is 0 Å². The summed E-state index contributed by atoms with van der Waals surface area (Å²) in [5.41, 5.74) is 2.54. The lowest BCUT2D eigenvalue weighted by Gasteiger charge is -2.28. The van der Waals surface area contributed by atoms with Crippen molar-refractivity contribution in [2.75, 3.05) is 31.2 Å². The van der Waals surface area contributed by atoms with Gasteiger partial charge in [0.15, 0.2) is 0 Å². The van der Waals surface area contributed by atoms with Crippen LogP contribution in [0.5, 0.6) is 0 Å². The second-order valence-electron chi connectivity index (χ2n) is 5.55. The third-order valence-electron chi connectivity index (χ3n) is 3.68. The maximum atomic E-state index is 9.55. The standard InChI is InChI=1S/C15H14N4O.C4H4O4/c16-10-13-9-14(12-1-3-17-4-2-12)11-18-15(13)19-5-7-20-8-6-19;5-3(6)1-2-4(7)8/h1-4,9,11H,5-8H2;1-2H,(H,5,6)(H,7,8)/b;2-1+. The number of aliphatic carboxylic acids is 2. The van der Waals surface area contributed by atoms with E-state index in [2.05, 4.69) is 20.9 Å². The number of nitrogens with zero attached hydrogens (tertiary/aromatic N) is 4. The fraction of sp³-hybridized carbons (Fsp3) is 0.211. The topological polar surface area (TPSA) is 137 Å². The van der Waals surface area contributed by atoms with Crippen molar-refractivity contribution in [2.45, 2.75) is 0 Å². The molecule has 3 heterocycles. The highest BCUT2D eigenvalue weighted by molar-refractivity contribution is 5.89. The van der Waals surface area contributed by atoms with Crippen molar-refractivity contribution in [3.63, 3.8) is 0 Å². The van der Waals surface area contributed by atoms with Crippen molar-refractivity contribution >= 4 is 17.8 Å². The van der Waals surface area contributed by atoms with Crippen molar-refractivity contribution in [3.05, 3.63) is 54.5 Å². The highest BCUT2D eigenvalue weighted by atomic mass is 16.5. The molecular formula is C19H18N4O5. The molecule has 0 bridgehead atoms. The number of carboxylic acid groups (broad SMARTS) is 2. The molecular weight excluding hydrogens is 364 g/mol. The summed E-state index contributed by atoms with van der Waals surface area (Å²) < 4.78 is 5.33. The van der Waals surface area contributed by atoms with Gasteiger partial charge in [0, 0.05) is 49.4 Å². The summed E-state index contributed by atoms with van der Waals surface area (Å²) in [6, 6.07) is 7.94. The number of rotatable bonds is 4. The molecule has 9 nitrogen and oxygen atoms in total. The number of anilines is 1. The van der Waals surface area contributed by atoms with E-state index in [0.29, 0.717) is 30.9 Å². The van der Waals surface area contributed by atoms with E-state index in [1.54, 1.807) is 18.6 Å². The number of hydrogen-bond donors (Lipinski definition) is 2. The maximum Gasteiger partial charge on any atom is 0.328 e. The van der Waals surface area contributed by atoms with Crippen molar-refractivity contribution in [3.8, 4) is 17.2 Å². The molecule has 0 saturated carbocycles. The first-order valence-electron chi connectivity index (χ1n) is 8.28. The van der Waals surface area contributed by atoms with Crippen molar-refractivity contribution < 1.29 is 24.5 Å². The molecule has 1 fully saturated rings. The first kappa shape index (κ1) is 20.5. The molecule has 9 heteroatoms. The fourth-order valence-electron chi connectivity index (χ4n) is 2.41. The molecule has 0 amide bonds. The number of aromatic nitrogens is 2. The number of morpholine rings is 1. The van der Waals surface area contributed by atoms with Gasteiger partial charge in [0.2, 0.25) is 0 Å². The van der Waals surface area contributed by atoms with Crippen molar-refractivity contribution in [1.82, 2.24) is 9.97 Å². The van der Waals surface area contributed by atoms with Crippen molar-refractivity contribution in [2.24, 2.45) is 0 Å². The van der Waals surface area contributed by atoms with E-state index in [-0.39, 0.29) is 0 Å². The molecule has 0 aliphatic carbocycles. The maximum absolute atomic E-state index is 9.55. The van der Waals surface area contributed by atoms with Gasteiger partial charge < -0.3 is 19.8 Å². The minimum atomic E-state index is -1.26. The Labute approximate surface area is 161 Å². The smallest absolute Gasteiger partial charge is 0.328 e. The van der Waals surface area contributed by atoms with Gasteiger partial charge in [-0.25, -0.2) is 14.6 Å². The molecule has 2 aromatic rings. The van der Waals surface area contributed by atoms with E-state index in [4.69, 9.17) is 14.9 Å². The average molecular weight is 382 g/mol.